The van der Waals surface area contributed by atoms with Crippen molar-refractivity contribution in [3.05, 3.63) is 111 Å². The number of esters is 1. The third-order valence-corrected chi connectivity index (χ3v) is 9.57. The van der Waals surface area contributed by atoms with Crippen molar-refractivity contribution in [2.45, 2.75) is 25.5 Å². The zero-order chi connectivity index (χ0) is 32.4. The molecule has 0 saturated carbocycles. The molecule has 0 spiro atoms. The molecular weight excluding hydrogens is 663 g/mol. The summed E-state index contributed by atoms with van der Waals surface area (Å²) in [5, 5.41) is 3.10. The first-order valence-electron chi connectivity index (χ1n) is 15.3. The Balaban J connectivity index is 0.00000433. The van der Waals surface area contributed by atoms with Gasteiger partial charge in [0, 0.05) is 47.2 Å². The molecule has 1 amide bonds. The van der Waals surface area contributed by atoms with Gasteiger partial charge in [0.2, 0.25) is 0 Å². The molecule has 3 aliphatic rings. The molecule has 2 aliphatic heterocycles. The summed E-state index contributed by atoms with van der Waals surface area (Å²) >= 11 is 12.6. The lowest BCUT2D eigenvalue weighted by atomic mass is 9.88. The zero-order valence-electron chi connectivity index (χ0n) is 26.4. The molecule has 8 nitrogen and oxygen atoms in total. The Morgan fingerprint density at radius 3 is 2.55 bits per heavy atom. The zero-order valence-corrected chi connectivity index (χ0v) is 28.7. The Bertz CT molecular complexity index is 1740. The fraction of sp³-hybridized carbons (Fsp3) is 0.333. The molecule has 3 atom stereocenters. The van der Waals surface area contributed by atoms with E-state index in [1.54, 1.807) is 43.4 Å². The van der Waals surface area contributed by atoms with Crippen LogP contribution in [0.4, 0.5) is 0 Å². The Kier molecular flexibility index (Phi) is 11.2. The highest BCUT2D eigenvalue weighted by Crippen LogP contribution is 2.41. The molecule has 1 saturated heterocycles. The van der Waals surface area contributed by atoms with Crippen molar-refractivity contribution in [2.24, 2.45) is 5.92 Å². The number of amides is 1. The SMILES string of the molecule is COC1=CC2C(CC(=O)OCCN3CCOC(c4ccc5c(Cl)c(OC)ccc5c4)C3)=C(C)N(C(=O)c3ccc(Cl)cc3)C2C=C1.Cl. The van der Waals surface area contributed by atoms with Crippen molar-refractivity contribution in [3.8, 4) is 5.75 Å². The predicted molar refractivity (Wildman–Crippen MR) is 185 cm³/mol. The predicted octanol–water partition coefficient (Wildman–Crippen LogP) is 7.40. The minimum atomic E-state index is -0.331. The van der Waals surface area contributed by atoms with Gasteiger partial charge in [0.1, 0.15) is 18.1 Å². The van der Waals surface area contributed by atoms with Crippen LogP contribution in [0, 0.1) is 5.92 Å². The molecule has 0 aromatic heterocycles. The second-order valence-electron chi connectivity index (χ2n) is 11.6. The number of benzene rings is 3. The van der Waals surface area contributed by atoms with Gasteiger partial charge in [-0.2, -0.15) is 0 Å². The van der Waals surface area contributed by atoms with Crippen molar-refractivity contribution in [3.63, 3.8) is 0 Å². The number of hydrogen-bond donors (Lipinski definition) is 0. The first-order valence-corrected chi connectivity index (χ1v) is 16.0. The average Bonchev–Trinajstić information content (AvgIpc) is 3.34. The number of carbonyl (C=O) groups is 2. The maximum absolute atomic E-state index is 13.6. The first kappa shape index (κ1) is 34.8. The smallest absolute Gasteiger partial charge is 0.310 e. The number of hydrogen-bond acceptors (Lipinski definition) is 7. The number of fused-ring (bicyclic) bond motifs is 2. The second-order valence-corrected chi connectivity index (χ2v) is 12.4. The van der Waals surface area contributed by atoms with Gasteiger partial charge in [-0.05, 0) is 72.0 Å². The number of morpholine rings is 1. The van der Waals surface area contributed by atoms with Gasteiger partial charge in [-0.25, -0.2) is 0 Å². The number of allylic oxidation sites excluding steroid dienone is 2. The molecule has 0 N–H and O–H groups in total. The van der Waals surface area contributed by atoms with Gasteiger partial charge in [0.15, 0.2) is 0 Å². The molecule has 0 radical (unpaired) electrons. The van der Waals surface area contributed by atoms with E-state index in [4.69, 9.17) is 42.1 Å². The lowest BCUT2D eigenvalue weighted by molar-refractivity contribution is -0.143. The number of rotatable bonds is 9. The van der Waals surface area contributed by atoms with E-state index in [0.29, 0.717) is 46.8 Å². The number of halogens is 3. The number of methoxy groups -OCH3 is 2. The molecule has 6 rings (SSSR count). The molecule has 3 aromatic carbocycles. The first-order chi connectivity index (χ1) is 22.3. The normalized spacial score (nSPS) is 20.8. The second kappa shape index (κ2) is 15.1. The minimum absolute atomic E-state index is 0. The fourth-order valence-corrected chi connectivity index (χ4v) is 6.91. The molecule has 248 valence electrons. The average molecular weight is 700 g/mol. The summed E-state index contributed by atoms with van der Waals surface area (Å²) < 4.78 is 22.7. The van der Waals surface area contributed by atoms with Crippen LogP contribution < -0.4 is 4.74 Å². The van der Waals surface area contributed by atoms with Crippen LogP contribution in [-0.2, 0) is 19.0 Å². The highest BCUT2D eigenvalue weighted by molar-refractivity contribution is 6.37. The van der Waals surface area contributed by atoms with E-state index in [1.807, 2.05) is 49.4 Å². The van der Waals surface area contributed by atoms with Crippen molar-refractivity contribution in [1.82, 2.24) is 9.80 Å². The third-order valence-electron chi connectivity index (χ3n) is 8.93. The lowest BCUT2D eigenvalue weighted by Gasteiger charge is -2.33. The molecule has 1 fully saturated rings. The van der Waals surface area contributed by atoms with Crippen LogP contribution in [0.25, 0.3) is 10.8 Å². The Hall–Kier alpha value is -3.53. The van der Waals surface area contributed by atoms with Gasteiger partial charge >= 0.3 is 5.97 Å². The number of carbonyl (C=O) groups excluding carboxylic acids is 2. The van der Waals surface area contributed by atoms with Crippen LogP contribution >= 0.6 is 35.6 Å². The van der Waals surface area contributed by atoms with E-state index in [9.17, 15) is 9.59 Å². The molecule has 2 heterocycles. The molecule has 0 bridgehead atoms. The summed E-state index contributed by atoms with van der Waals surface area (Å²) in [6.45, 7) is 4.73. The van der Waals surface area contributed by atoms with Crippen molar-refractivity contribution in [2.75, 3.05) is 47.1 Å². The maximum atomic E-state index is 13.6. The van der Waals surface area contributed by atoms with E-state index in [2.05, 4.69) is 11.0 Å². The van der Waals surface area contributed by atoms with E-state index < -0.39 is 0 Å². The van der Waals surface area contributed by atoms with Gasteiger partial charge in [-0.3, -0.25) is 14.5 Å². The molecular formula is C36H37Cl3N2O6. The van der Waals surface area contributed by atoms with Crippen LogP contribution in [0.2, 0.25) is 10.0 Å². The Labute approximate surface area is 290 Å². The molecule has 3 aromatic rings. The minimum Gasteiger partial charge on any atom is -0.497 e. The highest BCUT2D eigenvalue weighted by atomic mass is 35.5. The van der Waals surface area contributed by atoms with E-state index in [0.717, 1.165) is 34.2 Å². The van der Waals surface area contributed by atoms with Gasteiger partial charge in [0.05, 0.1) is 44.4 Å². The van der Waals surface area contributed by atoms with Crippen LogP contribution in [0.15, 0.2) is 89.9 Å². The molecule has 11 heteroatoms. The van der Waals surface area contributed by atoms with Gasteiger partial charge in [-0.15, -0.1) is 12.4 Å². The third kappa shape index (κ3) is 7.32. The monoisotopic (exact) mass is 698 g/mol. The molecule has 1 aliphatic carbocycles. The summed E-state index contributed by atoms with van der Waals surface area (Å²) in [6.07, 6.45) is 5.75. The summed E-state index contributed by atoms with van der Waals surface area (Å²) in [4.78, 5) is 30.8. The van der Waals surface area contributed by atoms with Crippen LogP contribution in [0.5, 0.6) is 5.75 Å². The highest BCUT2D eigenvalue weighted by Gasteiger charge is 2.42. The van der Waals surface area contributed by atoms with E-state index in [1.165, 1.54) is 0 Å². The summed E-state index contributed by atoms with van der Waals surface area (Å²) in [6, 6.07) is 16.6. The summed E-state index contributed by atoms with van der Waals surface area (Å²) in [5.74, 6) is 0.662. The maximum Gasteiger partial charge on any atom is 0.310 e. The summed E-state index contributed by atoms with van der Waals surface area (Å²) in [5.41, 5.74) is 3.18. The van der Waals surface area contributed by atoms with Crippen LogP contribution in [-0.4, -0.2) is 74.8 Å². The largest absolute Gasteiger partial charge is 0.497 e. The number of ether oxygens (including phenoxy) is 4. The summed E-state index contributed by atoms with van der Waals surface area (Å²) in [7, 11) is 3.21. The fourth-order valence-electron chi connectivity index (χ4n) is 6.47. The van der Waals surface area contributed by atoms with Crippen molar-refractivity contribution in [1.29, 1.82) is 0 Å². The Morgan fingerprint density at radius 2 is 1.81 bits per heavy atom. The van der Waals surface area contributed by atoms with Crippen LogP contribution in [0.3, 0.4) is 0 Å². The topological polar surface area (TPSA) is 77.5 Å². The lowest BCUT2D eigenvalue weighted by Crippen LogP contribution is -2.40. The van der Waals surface area contributed by atoms with Crippen LogP contribution in [0.1, 0.15) is 35.4 Å². The number of nitrogens with zero attached hydrogens (tertiary/aromatic N) is 2. The van der Waals surface area contributed by atoms with Crippen molar-refractivity contribution >= 4 is 58.3 Å². The quantitative estimate of drug-likeness (QED) is 0.216. The van der Waals surface area contributed by atoms with Gasteiger partial charge in [-0.1, -0.05) is 47.5 Å². The Morgan fingerprint density at radius 1 is 1.02 bits per heavy atom. The molecule has 3 unspecified atom stereocenters. The van der Waals surface area contributed by atoms with E-state index >= 15 is 0 Å². The van der Waals surface area contributed by atoms with Gasteiger partial charge in [0.25, 0.3) is 5.91 Å². The molecule has 47 heavy (non-hydrogen) atoms. The standard InChI is InChI=1S/C36H36Cl2N2O6.ClH/c1-22-29(30-19-27(43-2)10-12-31(30)40(22)36(42)23-4-8-26(37)9-5-23)20-34(41)46-17-15-39-14-16-45-33(21-39)25-6-11-28-24(18-25)7-13-32(44-3)35(28)38;/h4-13,18-19,30-31,33H,14-17,20-21H2,1-3H3;1H. The van der Waals surface area contributed by atoms with Gasteiger partial charge < -0.3 is 23.8 Å². The van der Waals surface area contributed by atoms with Crippen molar-refractivity contribution < 1.29 is 28.5 Å². The van der Waals surface area contributed by atoms with E-state index in [-0.39, 0.29) is 55.4 Å².